The van der Waals surface area contributed by atoms with Gasteiger partial charge in [-0.15, -0.1) is 0 Å². The van der Waals surface area contributed by atoms with Crippen LogP contribution in [-0.2, 0) is 11.2 Å². The van der Waals surface area contributed by atoms with Gasteiger partial charge in [-0.2, -0.15) is 0 Å². The summed E-state index contributed by atoms with van der Waals surface area (Å²) in [5.74, 6) is 0.504. The number of aromatic nitrogens is 4. The maximum atomic E-state index is 11.5. The first kappa shape index (κ1) is 16.8. The van der Waals surface area contributed by atoms with Gasteiger partial charge in [-0.3, -0.25) is 9.36 Å². The van der Waals surface area contributed by atoms with Gasteiger partial charge >= 0.3 is 0 Å². The van der Waals surface area contributed by atoms with Crippen LogP contribution in [0.1, 0.15) is 26.5 Å². The minimum absolute atomic E-state index is 0.144. The third-order valence-corrected chi connectivity index (χ3v) is 3.67. The molecule has 1 amide bonds. The molecule has 0 aliphatic carbocycles. The number of anilines is 1. The average molecular weight is 335 g/mol. The van der Waals surface area contributed by atoms with Crippen LogP contribution in [0.3, 0.4) is 0 Å². The zero-order valence-electron chi connectivity index (χ0n) is 14.7. The van der Waals surface area contributed by atoms with Gasteiger partial charge in [-0.1, -0.05) is 27.4 Å². The van der Waals surface area contributed by atoms with Crippen molar-refractivity contribution in [3.63, 3.8) is 0 Å². The second kappa shape index (κ2) is 6.47. The number of fused-ring (bicyclic) bond motifs is 1. The Labute approximate surface area is 146 Å². The molecule has 0 fully saturated rings. The molecule has 1 aromatic carbocycles. The van der Waals surface area contributed by atoms with Crippen molar-refractivity contribution in [2.75, 3.05) is 5.32 Å². The van der Waals surface area contributed by atoms with Crippen molar-refractivity contribution >= 4 is 22.6 Å². The zero-order chi connectivity index (χ0) is 18.0. The maximum Gasteiger partial charge on any atom is 0.247 e. The standard InChI is InChI=1S/C19H21N5O/c1-5-18(25)23-13-6-7-15-16(8-13)24(12-22-15)17-9-14(20-11-21-17)10-19(2,3)4/h5-9,11-12H,1,10H2,2-4H3,(H,23,25). The molecule has 2 heterocycles. The number of nitrogens with zero attached hydrogens (tertiary/aromatic N) is 4. The van der Waals surface area contributed by atoms with Crippen molar-refractivity contribution < 1.29 is 4.79 Å². The highest BCUT2D eigenvalue weighted by Crippen LogP contribution is 2.23. The van der Waals surface area contributed by atoms with Gasteiger partial charge in [-0.25, -0.2) is 15.0 Å². The summed E-state index contributed by atoms with van der Waals surface area (Å²) in [6, 6.07) is 7.52. The predicted molar refractivity (Wildman–Crippen MR) is 98.6 cm³/mol. The molecular formula is C19H21N5O. The van der Waals surface area contributed by atoms with Gasteiger partial charge in [0.25, 0.3) is 0 Å². The molecule has 6 nitrogen and oxygen atoms in total. The lowest BCUT2D eigenvalue weighted by atomic mass is 9.90. The second-order valence-electron chi connectivity index (χ2n) is 7.12. The lowest BCUT2D eigenvalue weighted by molar-refractivity contribution is -0.111. The van der Waals surface area contributed by atoms with E-state index >= 15 is 0 Å². The van der Waals surface area contributed by atoms with Crippen molar-refractivity contribution in [2.45, 2.75) is 27.2 Å². The minimum Gasteiger partial charge on any atom is -0.322 e. The Hall–Kier alpha value is -3.02. The maximum absolute atomic E-state index is 11.5. The summed E-state index contributed by atoms with van der Waals surface area (Å²) in [7, 11) is 0. The molecule has 128 valence electrons. The van der Waals surface area contributed by atoms with Crippen LogP contribution in [0.25, 0.3) is 16.9 Å². The quantitative estimate of drug-likeness (QED) is 0.740. The molecule has 3 rings (SSSR count). The first-order valence-electron chi connectivity index (χ1n) is 8.07. The summed E-state index contributed by atoms with van der Waals surface area (Å²) in [5.41, 5.74) is 3.50. The monoisotopic (exact) mass is 335 g/mol. The van der Waals surface area contributed by atoms with E-state index in [9.17, 15) is 4.79 Å². The number of carbonyl (C=O) groups is 1. The molecule has 0 spiro atoms. The molecule has 6 heteroatoms. The van der Waals surface area contributed by atoms with E-state index in [0.29, 0.717) is 5.69 Å². The van der Waals surface area contributed by atoms with Gasteiger partial charge in [-0.05, 0) is 36.1 Å². The molecule has 0 saturated heterocycles. The molecule has 2 aromatic heterocycles. The fraction of sp³-hybridized carbons (Fsp3) is 0.263. The van der Waals surface area contributed by atoms with E-state index in [1.54, 1.807) is 12.7 Å². The highest BCUT2D eigenvalue weighted by molar-refractivity contribution is 6.00. The van der Waals surface area contributed by atoms with Gasteiger partial charge in [0.2, 0.25) is 5.91 Å². The minimum atomic E-state index is -0.250. The Kier molecular flexibility index (Phi) is 4.35. The largest absolute Gasteiger partial charge is 0.322 e. The Bertz CT molecular complexity index is 936. The van der Waals surface area contributed by atoms with E-state index in [4.69, 9.17) is 0 Å². The van der Waals surface area contributed by atoms with Crippen molar-refractivity contribution in [3.05, 3.63) is 55.3 Å². The summed E-state index contributed by atoms with van der Waals surface area (Å²) in [4.78, 5) is 24.7. The second-order valence-corrected chi connectivity index (χ2v) is 7.12. The van der Waals surface area contributed by atoms with Crippen LogP contribution < -0.4 is 5.32 Å². The van der Waals surface area contributed by atoms with E-state index in [0.717, 1.165) is 29.0 Å². The molecule has 0 aliphatic rings. The van der Waals surface area contributed by atoms with Crippen LogP contribution in [0, 0.1) is 5.41 Å². The smallest absolute Gasteiger partial charge is 0.247 e. The molecule has 0 saturated carbocycles. The normalized spacial score (nSPS) is 11.5. The first-order valence-corrected chi connectivity index (χ1v) is 8.07. The van der Waals surface area contributed by atoms with Crippen molar-refractivity contribution in [1.29, 1.82) is 0 Å². The number of carbonyl (C=O) groups excluding carboxylic acids is 1. The number of rotatable bonds is 4. The molecule has 0 bridgehead atoms. The lowest BCUT2D eigenvalue weighted by Gasteiger charge is -2.17. The Morgan fingerprint density at radius 2 is 2.04 bits per heavy atom. The lowest BCUT2D eigenvalue weighted by Crippen LogP contribution is -2.11. The topological polar surface area (TPSA) is 72.7 Å². The van der Waals surface area contributed by atoms with Gasteiger partial charge in [0.05, 0.1) is 11.0 Å². The third kappa shape index (κ3) is 3.91. The SMILES string of the molecule is C=CC(=O)Nc1ccc2ncn(-c3cc(CC(C)(C)C)ncn3)c2c1. The van der Waals surface area contributed by atoms with E-state index in [-0.39, 0.29) is 11.3 Å². The van der Waals surface area contributed by atoms with Gasteiger partial charge < -0.3 is 5.32 Å². The zero-order valence-corrected chi connectivity index (χ0v) is 14.7. The molecule has 1 N–H and O–H groups in total. The van der Waals surface area contributed by atoms with Crippen molar-refractivity contribution in [3.8, 4) is 5.82 Å². The summed E-state index contributed by atoms with van der Waals surface area (Å²) in [5, 5.41) is 2.76. The highest BCUT2D eigenvalue weighted by atomic mass is 16.1. The summed E-state index contributed by atoms with van der Waals surface area (Å²) in [6.45, 7) is 10.00. The van der Waals surface area contributed by atoms with E-state index < -0.39 is 0 Å². The summed E-state index contributed by atoms with van der Waals surface area (Å²) >= 11 is 0. The van der Waals surface area contributed by atoms with Crippen molar-refractivity contribution in [1.82, 2.24) is 19.5 Å². The average Bonchev–Trinajstić information content (AvgIpc) is 2.96. The van der Waals surface area contributed by atoms with Crippen molar-refractivity contribution in [2.24, 2.45) is 5.41 Å². The highest BCUT2D eigenvalue weighted by Gasteiger charge is 2.14. The van der Waals surface area contributed by atoms with Crippen LogP contribution in [0.4, 0.5) is 5.69 Å². The molecule has 3 aromatic rings. The third-order valence-electron chi connectivity index (χ3n) is 3.67. The van der Waals surface area contributed by atoms with Crippen LogP contribution in [0.15, 0.2) is 49.6 Å². The van der Waals surface area contributed by atoms with Gasteiger partial charge in [0.15, 0.2) is 0 Å². The van der Waals surface area contributed by atoms with Gasteiger partial charge in [0.1, 0.15) is 18.5 Å². The fourth-order valence-electron chi connectivity index (χ4n) is 2.62. The van der Waals surface area contributed by atoms with Crippen LogP contribution in [0.2, 0.25) is 0 Å². The van der Waals surface area contributed by atoms with E-state index in [2.05, 4.69) is 47.6 Å². The van der Waals surface area contributed by atoms with Crippen LogP contribution in [-0.4, -0.2) is 25.4 Å². The number of nitrogens with one attached hydrogen (secondary N) is 1. The summed E-state index contributed by atoms with van der Waals surface area (Å²) < 4.78 is 1.90. The van der Waals surface area contributed by atoms with E-state index in [1.807, 2.05) is 28.8 Å². The fourth-order valence-corrected chi connectivity index (χ4v) is 2.62. The molecule has 0 radical (unpaired) electrons. The number of hydrogen-bond donors (Lipinski definition) is 1. The van der Waals surface area contributed by atoms with E-state index in [1.165, 1.54) is 6.08 Å². The first-order chi connectivity index (χ1) is 11.9. The molecule has 0 atom stereocenters. The summed E-state index contributed by atoms with van der Waals surface area (Å²) in [6.07, 6.45) is 5.40. The number of benzene rings is 1. The van der Waals surface area contributed by atoms with Crippen LogP contribution >= 0.6 is 0 Å². The molecular weight excluding hydrogens is 314 g/mol. The Morgan fingerprint density at radius 3 is 2.76 bits per heavy atom. The molecule has 0 unspecified atom stereocenters. The predicted octanol–water partition coefficient (Wildman–Crippen LogP) is 3.53. The van der Waals surface area contributed by atoms with Gasteiger partial charge in [0, 0.05) is 17.4 Å². The molecule has 25 heavy (non-hydrogen) atoms. The number of amides is 1. The Morgan fingerprint density at radius 1 is 1.24 bits per heavy atom. The molecule has 0 aliphatic heterocycles. The number of hydrogen-bond acceptors (Lipinski definition) is 4. The number of imidazole rings is 1. The van der Waals surface area contributed by atoms with Crippen LogP contribution in [0.5, 0.6) is 0 Å². The Balaban J connectivity index is 2.01.